The average Bonchev–Trinajstić information content (AvgIpc) is 3.51. The number of aliphatic hydroxyl groups excluding tert-OH is 1. The number of ether oxygens (including phenoxy) is 1. The van der Waals surface area contributed by atoms with Crippen LogP contribution in [0.3, 0.4) is 0 Å². The molecule has 0 aliphatic carbocycles. The lowest BCUT2D eigenvalue weighted by molar-refractivity contribution is -0.117. The zero-order chi connectivity index (χ0) is 22.4. The molecule has 2 aromatic carbocycles. The van der Waals surface area contributed by atoms with E-state index < -0.39 is 23.5 Å². The number of carbonyl (C=O) groups is 2. The molecule has 1 aliphatic heterocycles. The zero-order valence-electron chi connectivity index (χ0n) is 16.6. The summed E-state index contributed by atoms with van der Waals surface area (Å²) in [6, 6.07) is 14.3. The SMILES string of the molecule is COc1ccc2nc(N3C(=O)C(O)=C(C(=O)c4ccco4)[C@@H]3c3cccc(Cl)c3)sc2c1. The molecule has 9 heteroatoms. The lowest BCUT2D eigenvalue weighted by Gasteiger charge is -2.24. The highest BCUT2D eigenvalue weighted by molar-refractivity contribution is 7.22. The second kappa shape index (κ2) is 7.81. The quantitative estimate of drug-likeness (QED) is 0.399. The van der Waals surface area contributed by atoms with Crippen LogP contribution in [0.1, 0.15) is 22.2 Å². The second-order valence-electron chi connectivity index (χ2n) is 7.03. The number of benzene rings is 2. The van der Waals surface area contributed by atoms with Gasteiger partial charge in [-0.25, -0.2) is 4.98 Å². The van der Waals surface area contributed by atoms with Crippen LogP contribution in [0, 0.1) is 0 Å². The molecule has 7 nitrogen and oxygen atoms in total. The third-order valence-corrected chi connectivity index (χ3v) is 6.41. The van der Waals surface area contributed by atoms with Crippen molar-refractivity contribution in [2.45, 2.75) is 6.04 Å². The molecule has 0 saturated heterocycles. The van der Waals surface area contributed by atoms with E-state index in [1.165, 1.54) is 28.6 Å². The molecule has 2 aromatic heterocycles. The van der Waals surface area contributed by atoms with E-state index in [1.807, 2.05) is 6.07 Å². The van der Waals surface area contributed by atoms with Gasteiger partial charge in [-0.3, -0.25) is 14.5 Å². The molecule has 3 heterocycles. The summed E-state index contributed by atoms with van der Waals surface area (Å²) in [7, 11) is 1.57. The summed E-state index contributed by atoms with van der Waals surface area (Å²) >= 11 is 7.45. The molecule has 1 aliphatic rings. The molecule has 160 valence electrons. The van der Waals surface area contributed by atoms with Gasteiger partial charge in [0.2, 0.25) is 5.78 Å². The number of furan rings is 1. The Morgan fingerprint density at radius 3 is 2.78 bits per heavy atom. The maximum Gasteiger partial charge on any atom is 0.296 e. The number of halogens is 1. The Morgan fingerprint density at radius 2 is 2.06 bits per heavy atom. The third kappa shape index (κ3) is 3.24. The minimum absolute atomic E-state index is 0.0160. The number of rotatable bonds is 5. The van der Waals surface area contributed by atoms with Crippen molar-refractivity contribution in [2.24, 2.45) is 0 Å². The van der Waals surface area contributed by atoms with Crippen molar-refractivity contribution in [3.63, 3.8) is 0 Å². The highest BCUT2D eigenvalue weighted by Gasteiger charge is 2.46. The predicted molar refractivity (Wildman–Crippen MR) is 121 cm³/mol. The predicted octanol–water partition coefficient (Wildman–Crippen LogP) is 5.33. The summed E-state index contributed by atoms with van der Waals surface area (Å²) in [5.74, 6) is -1.29. The van der Waals surface area contributed by atoms with Crippen LogP contribution in [0.2, 0.25) is 5.02 Å². The number of ketones is 1. The Balaban J connectivity index is 1.68. The first-order chi connectivity index (χ1) is 15.5. The van der Waals surface area contributed by atoms with Gasteiger partial charge in [0, 0.05) is 5.02 Å². The van der Waals surface area contributed by atoms with Gasteiger partial charge in [-0.15, -0.1) is 0 Å². The van der Waals surface area contributed by atoms with Gasteiger partial charge in [0.05, 0.1) is 35.2 Å². The molecule has 0 fully saturated rings. The molecule has 0 radical (unpaired) electrons. The van der Waals surface area contributed by atoms with Crippen LogP contribution in [0.15, 0.2) is 76.6 Å². The average molecular weight is 467 g/mol. The van der Waals surface area contributed by atoms with E-state index >= 15 is 0 Å². The molecular formula is C23H15ClN2O5S. The van der Waals surface area contributed by atoms with Gasteiger partial charge in [0.1, 0.15) is 5.75 Å². The number of aromatic nitrogens is 1. The Morgan fingerprint density at radius 1 is 1.22 bits per heavy atom. The van der Waals surface area contributed by atoms with E-state index in [9.17, 15) is 14.7 Å². The van der Waals surface area contributed by atoms with E-state index in [-0.39, 0.29) is 11.3 Å². The largest absolute Gasteiger partial charge is 0.503 e. The summed E-state index contributed by atoms with van der Waals surface area (Å²) < 4.78 is 11.3. The molecule has 1 atom stereocenters. The van der Waals surface area contributed by atoms with Crippen molar-refractivity contribution in [2.75, 3.05) is 12.0 Å². The maximum absolute atomic E-state index is 13.2. The van der Waals surface area contributed by atoms with Crippen LogP contribution in [0.5, 0.6) is 5.75 Å². The number of anilines is 1. The number of methoxy groups -OCH3 is 1. The van der Waals surface area contributed by atoms with Crippen molar-refractivity contribution in [1.29, 1.82) is 0 Å². The molecule has 0 saturated carbocycles. The fourth-order valence-electron chi connectivity index (χ4n) is 3.69. The standard InChI is InChI=1S/C23H15ClN2O5S/c1-30-14-7-8-15-17(11-14)32-23(25-15)26-19(12-4-2-5-13(24)10-12)18(21(28)22(26)29)20(27)16-6-3-9-31-16/h2-11,19,28H,1H3/t19-/m0/s1. The second-order valence-corrected chi connectivity index (χ2v) is 8.48. The molecule has 5 rings (SSSR count). The van der Waals surface area contributed by atoms with Crippen molar-refractivity contribution in [1.82, 2.24) is 4.98 Å². The molecule has 0 bridgehead atoms. The van der Waals surface area contributed by atoms with Gasteiger partial charge < -0.3 is 14.3 Å². The lowest BCUT2D eigenvalue weighted by Crippen LogP contribution is -2.30. The van der Waals surface area contributed by atoms with E-state index in [0.29, 0.717) is 27.0 Å². The first kappa shape index (κ1) is 20.3. The highest BCUT2D eigenvalue weighted by Crippen LogP contribution is 2.44. The monoisotopic (exact) mass is 466 g/mol. The van der Waals surface area contributed by atoms with Crippen molar-refractivity contribution >= 4 is 50.0 Å². The van der Waals surface area contributed by atoms with Crippen LogP contribution < -0.4 is 9.64 Å². The van der Waals surface area contributed by atoms with E-state index in [4.69, 9.17) is 20.8 Å². The number of aliphatic hydroxyl groups is 1. The molecule has 32 heavy (non-hydrogen) atoms. The van der Waals surface area contributed by atoms with Crippen molar-refractivity contribution in [3.05, 3.63) is 88.5 Å². The smallest absolute Gasteiger partial charge is 0.296 e. The maximum atomic E-state index is 13.2. The summed E-state index contributed by atoms with van der Waals surface area (Å²) in [4.78, 5) is 32.3. The van der Waals surface area contributed by atoms with Crippen LogP contribution in [-0.4, -0.2) is 28.9 Å². The van der Waals surface area contributed by atoms with Gasteiger partial charge in [0.25, 0.3) is 5.91 Å². The zero-order valence-corrected chi connectivity index (χ0v) is 18.2. The van der Waals surface area contributed by atoms with Crippen LogP contribution in [-0.2, 0) is 4.79 Å². The minimum atomic E-state index is -0.929. The number of carbonyl (C=O) groups excluding carboxylic acids is 2. The van der Waals surface area contributed by atoms with Gasteiger partial charge in [-0.2, -0.15) is 0 Å². The third-order valence-electron chi connectivity index (χ3n) is 5.15. The topological polar surface area (TPSA) is 92.9 Å². The highest BCUT2D eigenvalue weighted by atomic mass is 35.5. The van der Waals surface area contributed by atoms with Gasteiger partial charge in [-0.1, -0.05) is 35.1 Å². The molecule has 1 N–H and O–H groups in total. The Bertz CT molecular complexity index is 1390. The Labute approximate surface area is 191 Å². The summed E-state index contributed by atoms with van der Waals surface area (Å²) in [6.45, 7) is 0. The first-order valence-corrected chi connectivity index (χ1v) is 10.7. The van der Waals surface area contributed by atoms with Crippen molar-refractivity contribution < 1.29 is 23.8 Å². The Hall–Kier alpha value is -3.62. The van der Waals surface area contributed by atoms with Crippen LogP contribution in [0.4, 0.5) is 5.13 Å². The normalized spacial score (nSPS) is 16.2. The molecule has 1 amide bonds. The number of hydrogen-bond acceptors (Lipinski definition) is 7. The number of amides is 1. The molecule has 4 aromatic rings. The summed E-state index contributed by atoms with van der Waals surface area (Å²) in [5, 5.41) is 11.5. The molecule has 0 unspecified atom stereocenters. The number of Topliss-reactive ketones (excluding diaryl/α,β-unsaturated/α-hetero) is 1. The molecular weight excluding hydrogens is 452 g/mol. The number of hydrogen-bond donors (Lipinski definition) is 1. The van der Waals surface area contributed by atoms with E-state index in [2.05, 4.69) is 4.98 Å². The number of nitrogens with zero attached hydrogens (tertiary/aromatic N) is 2. The fraction of sp³-hybridized carbons (Fsp3) is 0.0870. The Kier molecular flexibility index (Phi) is 4.96. The minimum Gasteiger partial charge on any atom is -0.503 e. The van der Waals surface area contributed by atoms with E-state index in [1.54, 1.807) is 49.6 Å². The van der Waals surface area contributed by atoms with Gasteiger partial charge in [-0.05, 0) is 48.0 Å². The summed E-state index contributed by atoms with van der Waals surface area (Å²) in [6.07, 6.45) is 1.36. The number of thiazole rings is 1. The molecule has 0 spiro atoms. The number of fused-ring (bicyclic) bond motifs is 1. The van der Waals surface area contributed by atoms with Gasteiger partial charge in [0.15, 0.2) is 16.7 Å². The summed E-state index contributed by atoms with van der Waals surface area (Å²) in [5.41, 5.74) is 1.12. The fourth-order valence-corrected chi connectivity index (χ4v) is 4.91. The van der Waals surface area contributed by atoms with Gasteiger partial charge >= 0.3 is 0 Å². The van der Waals surface area contributed by atoms with Crippen LogP contribution >= 0.6 is 22.9 Å². The first-order valence-electron chi connectivity index (χ1n) is 9.53. The van der Waals surface area contributed by atoms with E-state index in [0.717, 1.165) is 4.70 Å². The lowest BCUT2D eigenvalue weighted by atomic mass is 9.95. The van der Waals surface area contributed by atoms with Crippen molar-refractivity contribution in [3.8, 4) is 5.75 Å². The van der Waals surface area contributed by atoms with Crippen LogP contribution in [0.25, 0.3) is 10.2 Å².